The molecule has 0 aromatic carbocycles. The molecule has 0 radical (unpaired) electrons. The molecule has 2 aliphatic rings. The third-order valence-corrected chi connectivity index (χ3v) is 3.50. The van der Waals surface area contributed by atoms with Crippen molar-refractivity contribution in [1.82, 2.24) is 9.80 Å². The number of aliphatic carboxylic acids is 1. The fourth-order valence-electron chi connectivity index (χ4n) is 2.29. The summed E-state index contributed by atoms with van der Waals surface area (Å²) in [6.45, 7) is 2.29. The van der Waals surface area contributed by atoms with Crippen molar-refractivity contribution in [2.75, 3.05) is 32.9 Å². The lowest BCUT2D eigenvalue weighted by molar-refractivity contribution is -0.148. The Labute approximate surface area is 122 Å². The highest BCUT2D eigenvalue weighted by Gasteiger charge is 2.41. The van der Waals surface area contributed by atoms with E-state index in [0.717, 1.165) is 12.8 Å². The van der Waals surface area contributed by atoms with Gasteiger partial charge in [0.2, 0.25) is 0 Å². The lowest BCUT2D eigenvalue weighted by atomic mass is 10.2. The number of rotatable bonds is 5. The molecule has 1 saturated carbocycles. The highest BCUT2D eigenvalue weighted by atomic mass is 16.5. The summed E-state index contributed by atoms with van der Waals surface area (Å²) in [5.41, 5.74) is 0. The minimum atomic E-state index is -1.10. The first-order valence-corrected chi connectivity index (χ1v) is 7.08. The molecule has 8 heteroatoms. The summed E-state index contributed by atoms with van der Waals surface area (Å²) in [7, 11) is 0. The summed E-state index contributed by atoms with van der Waals surface area (Å²) >= 11 is 0. The molecule has 1 aliphatic carbocycles. The summed E-state index contributed by atoms with van der Waals surface area (Å²) < 4.78 is 9.98. The van der Waals surface area contributed by atoms with Crippen LogP contribution in [0.1, 0.15) is 19.8 Å². The molecule has 1 aliphatic heterocycles. The highest BCUT2D eigenvalue weighted by Crippen LogP contribution is 2.28. The fraction of sp³-hybridized carbons (Fsp3) is 0.769. The molecule has 0 bridgehead atoms. The van der Waals surface area contributed by atoms with Crippen molar-refractivity contribution < 1.29 is 29.0 Å². The number of carbonyl (C=O) groups excluding carboxylic acids is 2. The Hall–Kier alpha value is -1.83. The highest BCUT2D eigenvalue weighted by molar-refractivity contribution is 5.86. The van der Waals surface area contributed by atoms with Crippen molar-refractivity contribution in [3.8, 4) is 0 Å². The number of carboxylic acids is 1. The molecule has 0 aromatic heterocycles. The maximum Gasteiger partial charge on any atom is 0.328 e. The third kappa shape index (κ3) is 3.84. The second kappa shape index (κ2) is 6.75. The number of urea groups is 1. The Morgan fingerprint density at radius 1 is 1.38 bits per heavy atom. The number of hydrogen-bond acceptors (Lipinski definition) is 5. The van der Waals surface area contributed by atoms with E-state index in [2.05, 4.69) is 0 Å². The predicted molar refractivity (Wildman–Crippen MR) is 70.7 cm³/mol. The second-order valence-corrected chi connectivity index (χ2v) is 5.07. The average molecular weight is 300 g/mol. The lowest BCUT2D eigenvalue weighted by Crippen LogP contribution is -2.57. The Balaban J connectivity index is 2.06. The Kier molecular flexibility index (Phi) is 5.00. The zero-order valence-electron chi connectivity index (χ0n) is 12.0. The Bertz CT molecular complexity index is 423. The van der Waals surface area contributed by atoms with Gasteiger partial charge in [-0.1, -0.05) is 0 Å². The van der Waals surface area contributed by atoms with E-state index in [1.165, 1.54) is 9.80 Å². The number of hydrogen-bond donors (Lipinski definition) is 1. The number of carboxylic acid groups (broad SMARTS) is 1. The van der Waals surface area contributed by atoms with Gasteiger partial charge >= 0.3 is 18.0 Å². The van der Waals surface area contributed by atoms with E-state index < -0.39 is 24.0 Å². The van der Waals surface area contributed by atoms with Crippen molar-refractivity contribution in [3.05, 3.63) is 0 Å². The molecule has 1 N–H and O–H groups in total. The number of esters is 1. The zero-order valence-corrected chi connectivity index (χ0v) is 12.0. The zero-order chi connectivity index (χ0) is 15.4. The fourth-order valence-corrected chi connectivity index (χ4v) is 2.29. The molecule has 2 amide bonds. The van der Waals surface area contributed by atoms with Crippen molar-refractivity contribution in [1.29, 1.82) is 0 Å². The van der Waals surface area contributed by atoms with Crippen LogP contribution in [0.25, 0.3) is 0 Å². The molecule has 1 heterocycles. The van der Waals surface area contributed by atoms with Crippen molar-refractivity contribution >= 4 is 18.0 Å². The number of morpholine rings is 1. The summed E-state index contributed by atoms with van der Waals surface area (Å²) in [4.78, 5) is 38.1. The third-order valence-electron chi connectivity index (χ3n) is 3.50. The van der Waals surface area contributed by atoms with Gasteiger partial charge in [-0.25, -0.2) is 9.59 Å². The molecule has 2 fully saturated rings. The van der Waals surface area contributed by atoms with E-state index >= 15 is 0 Å². The van der Waals surface area contributed by atoms with E-state index in [4.69, 9.17) is 9.47 Å². The van der Waals surface area contributed by atoms with Gasteiger partial charge in [-0.2, -0.15) is 0 Å². The van der Waals surface area contributed by atoms with Crippen LogP contribution in [0.3, 0.4) is 0 Å². The van der Waals surface area contributed by atoms with Gasteiger partial charge in [0.15, 0.2) is 6.04 Å². The van der Waals surface area contributed by atoms with Crippen LogP contribution in [0.5, 0.6) is 0 Å². The second-order valence-electron chi connectivity index (χ2n) is 5.07. The van der Waals surface area contributed by atoms with Gasteiger partial charge in [-0.05, 0) is 19.8 Å². The molecule has 118 valence electrons. The van der Waals surface area contributed by atoms with Crippen molar-refractivity contribution in [2.45, 2.75) is 31.8 Å². The topological polar surface area (TPSA) is 96.4 Å². The maximum atomic E-state index is 12.6. The standard InChI is InChI=1S/C13H20N2O6/c1-2-21-11(16)7-15(9-3-4-9)13(19)14-5-6-20-8-10(14)12(17)18/h9-10H,2-8H2,1H3,(H,17,18). The van der Waals surface area contributed by atoms with Crippen LogP contribution in [-0.2, 0) is 19.1 Å². The van der Waals surface area contributed by atoms with E-state index in [1.54, 1.807) is 6.92 Å². The molecule has 0 aromatic rings. The molecular formula is C13H20N2O6. The van der Waals surface area contributed by atoms with Crippen LogP contribution in [0, 0.1) is 0 Å². The monoisotopic (exact) mass is 300 g/mol. The smallest absolute Gasteiger partial charge is 0.328 e. The first kappa shape index (κ1) is 15.6. The summed E-state index contributed by atoms with van der Waals surface area (Å²) in [5.74, 6) is -1.58. The Morgan fingerprint density at radius 3 is 2.67 bits per heavy atom. The van der Waals surface area contributed by atoms with Gasteiger partial charge in [0.1, 0.15) is 6.54 Å². The molecule has 8 nitrogen and oxygen atoms in total. The number of carbonyl (C=O) groups is 3. The number of ether oxygens (including phenoxy) is 2. The first-order valence-electron chi connectivity index (χ1n) is 7.08. The quantitative estimate of drug-likeness (QED) is 0.713. The SMILES string of the molecule is CCOC(=O)CN(C(=O)N1CCOCC1C(=O)O)C1CC1. The van der Waals surface area contributed by atoms with E-state index in [0.29, 0.717) is 6.61 Å². The van der Waals surface area contributed by atoms with Crippen LogP contribution in [0.2, 0.25) is 0 Å². The Morgan fingerprint density at radius 2 is 2.10 bits per heavy atom. The number of nitrogens with zero attached hydrogens (tertiary/aromatic N) is 2. The first-order chi connectivity index (χ1) is 10.0. The van der Waals surface area contributed by atoms with Gasteiger partial charge < -0.3 is 24.4 Å². The minimum absolute atomic E-state index is 0.000745. The summed E-state index contributed by atoms with van der Waals surface area (Å²) in [6.07, 6.45) is 1.65. The van der Waals surface area contributed by atoms with E-state index in [9.17, 15) is 19.5 Å². The normalized spacial score (nSPS) is 21.8. The summed E-state index contributed by atoms with van der Waals surface area (Å²) in [6, 6.07) is -1.44. The van der Waals surface area contributed by atoms with Crippen molar-refractivity contribution in [3.63, 3.8) is 0 Å². The molecule has 1 unspecified atom stereocenters. The van der Waals surface area contributed by atoms with Crippen LogP contribution in [0.15, 0.2) is 0 Å². The summed E-state index contributed by atoms with van der Waals surface area (Å²) in [5, 5.41) is 9.18. The van der Waals surface area contributed by atoms with Crippen molar-refractivity contribution in [2.24, 2.45) is 0 Å². The van der Waals surface area contributed by atoms with Crippen LogP contribution < -0.4 is 0 Å². The van der Waals surface area contributed by atoms with Gasteiger partial charge in [-0.3, -0.25) is 4.79 Å². The predicted octanol–water partition coefficient (Wildman–Crippen LogP) is -0.0807. The lowest BCUT2D eigenvalue weighted by Gasteiger charge is -2.36. The van der Waals surface area contributed by atoms with Crippen LogP contribution >= 0.6 is 0 Å². The maximum absolute atomic E-state index is 12.6. The van der Waals surface area contributed by atoms with Gasteiger partial charge in [0, 0.05) is 12.6 Å². The number of amides is 2. The van der Waals surface area contributed by atoms with E-state index in [1.807, 2.05) is 0 Å². The van der Waals surface area contributed by atoms with Gasteiger partial charge in [0.05, 0.1) is 19.8 Å². The molecule has 1 atom stereocenters. The van der Waals surface area contributed by atoms with Crippen LogP contribution in [0.4, 0.5) is 4.79 Å². The molecule has 1 saturated heterocycles. The molecule has 21 heavy (non-hydrogen) atoms. The van der Waals surface area contributed by atoms with E-state index in [-0.39, 0.29) is 32.3 Å². The largest absolute Gasteiger partial charge is 0.480 e. The molecule has 0 spiro atoms. The minimum Gasteiger partial charge on any atom is -0.480 e. The van der Waals surface area contributed by atoms with Crippen LogP contribution in [-0.4, -0.2) is 77.9 Å². The van der Waals surface area contributed by atoms with Gasteiger partial charge in [0.25, 0.3) is 0 Å². The molecule has 2 rings (SSSR count). The van der Waals surface area contributed by atoms with Gasteiger partial charge in [-0.15, -0.1) is 0 Å². The average Bonchev–Trinajstić information content (AvgIpc) is 3.29. The molecular weight excluding hydrogens is 280 g/mol.